The quantitative estimate of drug-likeness (QED) is 0.619. The second-order valence-corrected chi connectivity index (χ2v) is 7.35. The minimum Gasteiger partial charge on any atom is -0.493 e. The standard InChI is InChI=1S/C23H29ClN2O4/c1-5-25-23(28)16(2)26(15-18-7-6-8-19(24)13-18)22(27)12-10-17-9-11-20(29-3)21(14-17)30-4/h6-9,11,13-14,16H,5,10,12,15H2,1-4H3,(H,25,28). The number of likely N-dealkylation sites (N-methyl/N-ethyl adjacent to an activating group) is 1. The van der Waals surface area contributed by atoms with Crippen molar-refractivity contribution < 1.29 is 19.1 Å². The molecule has 2 aromatic rings. The van der Waals surface area contributed by atoms with E-state index in [0.29, 0.717) is 36.0 Å². The van der Waals surface area contributed by atoms with Gasteiger partial charge in [-0.1, -0.05) is 29.8 Å². The van der Waals surface area contributed by atoms with Gasteiger partial charge in [-0.05, 0) is 55.7 Å². The molecule has 30 heavy (non-hydrogen) atoms. The minimum absolute atomic E-state index is 0.108. The topological polar surface area (TPSA) is 67.9 Å². The molecular weight excluding hydrogens is 404 g/mol. The summed E-state index contributed by atoms with van der Waals surface area (Å²) < 4.78 is 10.6. The fourth-order valence-corrected chi connectivity index (χ4v) is 3.38. The van der Waals surface area contributed by atoms with Gasteiger partial charge >= 0.3 is 0 Å². The summed E-state index contributed by atoms with van der Waals surface area (Å²) in [5, 5.41) is 3.38. The lowest BCUT2D eigenvalue weighted by molar-refractivity contribution is -0.140. The van der Waals surface area contributed by atoms with E-state index in [1.165, 1.54) is 0 Å². The molecule has 1 N–H and O–H groups in total. The normalized spacial score (nSPS) is 11.5. The molecule has 0 saturated carbocycles. The van der Waals surface area contributed by atoms with E-state index in [1.54, 1.807) is 38.2 Å². The lowest BCUT2D eigenvalue weighted by Gasteiger charge is -2.29. The summed E-state index contributed by atoms with van der Waals surface area (Å²) in [6.07, 6.45) is 0.785. The van der Waals surface area contributed by atoms with Crippen LogP contribution in [0.4, 0.5) is 0 Å². The van der Waals surface area contributed by atoms with Gasteiger partial charge in [0.25, 0.3) is 0 Å². The Hall–Kier alpha value is -2.73. The Kier molecular flexibility index (Phi) is 8.99. The van der Waals surface area contributed by atoms with Gasteiger partial charge in [-0.25, -0.2) is 0 Å². The lowest BCUT2D eigenvalue weighted by atomic mass is 10.1. The van der Waals surface area contributed by atoms with E-state index in [1.807, 2.05) is 37.3 Å². The number of nitrogens with zero attached hydrogens (tertiary/aromatic N) is 1. The molecule has 0 aromatic heterocycles. The van der Waals surface area contributed by atoms with Crippen molar-refractivity contribution in [3.05, 3.63) is 58.6 Å². The Labute approximate surface area is 183 Å². The number of carbonyl (C=O) groups excluding carboxylic acids is 2. The van der Waals surface area contributed by atoms with Crippen molar-refractivity contribution in [1.82, 2.24) is 10.2 Å². The van der Waals surface area contributed by atoms with Gasteiger partial charge in [-0.2, -0.15) is 0 Å². The Morgan fingerprint density at radius 1 is 1.07 bits per heavy atom. The molecular formula is C23H29ClN2O4. The average molecular weight is 433 g/mol. The third-order valence-corrected chi connectivity index (χ3v) is 5.07. The van der Waals surface area contributed by atoms with Crippen LogP contribution in [0, 0.1) is 0 Å². The summed E-state index contributed by atoms with van der Waals surface area (Å²) in [4.78, 5) is 27.1. The largest absolute Gasteiger partial charge is 0.493 e. The average Bonchev–Trinajstić information content (AvgIpc) is 2.75. The van der Waals surface area contributed by atoms with E-state index in [2.05, 4.69) is 5.32 Å². The Bertz CT molecular complexity index is 872. The number of rotatable bonds is 10. The highest BCUT2D eigenvalue weighted by Crippen LogP contribution is 2.28. The Balaban J connectivity index is 2.16. The van der Waals surface area contributed by atoms with E-state index < -0.39 is 6.04 Å². The number of methoxy groups -OCH3 is 2. The highest BCUT2D eigenvalue weighted by atomic mass is 35.5. The van der Waals surface area contributed by atoms with Crippen molar-refractivity contribution in [3.8, 4) is 11.5 Å². The molecule has 2 aromatic carbocycles. The van der Waals surface area contributed by atoms with Gasteiger partial charge in [0.2, 0.25) is 11.8 Å². The van der Waals surface area contributed by atoms with Gasteiger partial charge < -0.3 is 19.7 Å². The molecule has 0 spiro atoms. The second kappa shape index (κ2) is 11.5. The molecule has 0 aliphatic rings. The zero-order valence-corrected chi connectivity index (χ0v) is 18.7. The van der Waals surface area contributed by atoms with Crippen LogP contribution in [-0.2, 0) is 22.6 Å². The lowest BCUT2D eigenvalue weighted by Crippen LogP contribution is -2.47. The first-order chi connectivity index (χ1) is 14.4. The summed E-state index contributed by atoms with van der Waals surface area (Å²) in [6, 6.07) is 12.3. The molecule has 1 atom stereocenters. The Morgan fingerprint density at radius 3 is 2.43 bits per heavy atom. The molecule has 2 rings (SSSR count). The monoisotopic (exact) mass is 432 g/mol. The summed E-state index contributed by atoms with van der Waals surface area (Å²) in [7, 11) is 3.16. The fraction of sp³-hybridized carbons (Fsp3) is 0.391. The number of hydrogen-bond acceptors (Lipinski definition) is 4. The van der Waals surface area contributed by atoms with Crippen molar-refractivity contribution in [2.45, 2.75) is 39.3 Å². The minimum atomic E-state index is -0.596. The number of amides is 2. The van der Waals surface area contributed by atoms with Crippen LogP contribution in [0.25, 0.3) is 0 Å². The molecule has 0 fully saturated rings. The molecule has 0 aliphatic carbocycles. The number of hydrogen-bond donors (Lipinski definition) is 1. The summed E-state index contributed by atoms with van der Waals surface area (Å²) in [5.41, 5.74) is 1.83. The van der Waals surface area contributed by atoms with Crippen molar-refractivity contribution in [2.24, 2.45) is 0 Å². The van der Waals surface area contributed by atoms with E-state index in [9.17, 15) is 9.59 Å². The number of benzene rings is 2. The van der Waals surface area contributed by atoms with Crippen LogP contribution >= 0.6 is 11.6 Å². The molecule has 0 saturated heterocycles. The number of nitrogens with one attached hydrogen (secondary N) is 1. The fourth-order valence-electron chi connectivity index (χ4n) is 3.17. The number of ether oxygens (including phenoxy) is 2. The molecule has 0 bridgehead atoms. The van der Waals surface area contributed by atoms with E-state index in [-0.39, 0.29) is 18.2 Å². The maximum absolute atomic E-state index is 13.1. The number of halogens is 1. The first-order valence-corrected chi connectivity index (χ1v) is 10.3. The van der Waals surface area contributed by atoms with Crippen LogP contribution in [0.1, 0.15) is 31.4 Å². The molecule has 7 heteroatoms. The SMILES string of the molecule is CCNC(=O)C(C)N(Cc1cccc(Cl)c1)C(=O)CCc1ccc(OC)c(OC)c1. The number of aryl methyl sites for hydroxylation is 1. The van der Waals surface area contributed by atoms with Crippen LogP contribution < -0.4 is 14.8 Å². The molecule has 0 heterocycles. The first-order valence-electron chi connectivity index (χ1n) is 9.92. The van der Waals surface area contributed by atoms with Crippen molar-refractivity contribution in [3.63, 3.8) is 0 Å². The maximum Gasteiger partial charge on any atom is 0.242 e. The van der Waals surface area contributed by atoms with E-state index >= 15 is 0 Å². The third-order valence-electron chi connectivity index (χ3n) is 4.84. The van der Waals surface area contributed by atoms with E-state index in [0.717, 1.165) is 11.1 Å². The predicted molar refractivity (Wildman–Crippen MR) is 118 cm³/mol. The zero-order chi connectivity index (χ0) is 22.1. The van der Waals surface area contributed by atoms with Gasteiger partial charge in [-0.15, -0.1) is 0 Å². The highest BCUT2D eigenvalue weighted by Gasteiger charge is 2.25. The second-order valence-electron chi connectivity index (χ2n) is 6.91. The first kappa shape index (κ1) is 23.5. The third kappa shape index (κ3) is 6.39. The van der Waals surface area contributed by atoms with Crippen LogP contribution in [-0.4, -0.2) is 43.5 Å². The summed E-state index contributed by atoms with van der Waals surface area (Å²) in [5.74, 6) is 0.969. The molecule has 0 aliphatic heterocycles. The summed E-state index contributed by atoms with van der Waals surface area (Å²) >= 11 is 6.09. The highest BCUT2D eigenvalue weighted by molar-refractivity contribution is 6.30. The molecule has 1 unspecified atom stereocenters. The van der Waals surface area contributed by atoms with Gasteiger partial charge in [0.05, 0.1) is 14.2 Å². The van der Waals surface area contributed by atoms with Crippen LogP contribution in [0.2, 0.25) is 5.02 Å². The molecule has 0 radical (unpaired) electrons. The van der Waals surface area contributed by atoms with Crippen LogP contribution in [0.3, 0.4) is 0 Å². The Morgan fingerprint density at radius 2 is 1.80 bits per heavy atom. The molecule has 6 nitrogen and oxygen atoms in total. The van der Waals surface area contributed by atoms with Crippen molar-refractivity contribution >= 4 is 23.4 Å². The molecule has 162 valence electrons. The smallest absolute Gasteiger partial charge is 0.242 e. The van der Waals surface area contributed by atoms with E-state index in [4.69, 9.17) is 21.1 Å². The van der Waals surface area contributed by atoms with Gasteiger partial charge in [0.15, 0.2) is 11.5 Å². The van der Waals surface area contributed by atoms with Crippen molar-refractivity contribution in [1.29, 1.82) is 0 Å². The van der Waals surface area contributed by atoms with Gasteiger partial charge in [0.1, 0.15) is 6.04 Å². The zero-order valence-electron chi connectivity index (χ0n) is 17.9. The van der Waals surface area contributed by atoms with Crippen LogP contribution in [0.5, 0.6) is 11.5 Å². The van der Waals surface area contributed by atoms with Crippen molar-refractivity contribution in [2.75, 3.05) is 20.8 Å². The predicted octanol–water partition coefficient (Wildman–Crippen LogP) is 3.84. The number of carbonyl (C=O) groups is 2. The molecule has 2 amide bonds. The summed E-state index contributed by atoms with van der Waals surface area (Å²) in [6.45, 7) is 4.41. The van der Waals surface area contributed by atoms with Crippen LogP contribution in [0.15, 0.2) is 42.5 Å². The maximum atomic E-state index is 13.1. The van der Waals surface area contributed by atoms with Gasteiger partial charge in [0, 0.05) is 24.5 Å². The van der Waals surface area contributed by atoms with Gasteiger partial charge in [-0.3, -0.25) is 9.59 Å².